The first-order valence-corrected chi connectivity index (χ1v) is 13.6. The molecule has 0 aromatic carbocycles. The summed E-state index contributed by atoms with van der Waals surface area (Å²) in [6.45, 7) is 5.94. The van der Waals surface area contributed by atoms with E-state index in [1.807, 2.05) is 11.8 Å². The zero-order chi connectivity index (χ0) is 26.6. The van der Waals surface area contributed by atoms with E-state index in [1.165, 1.54) is 0 Å². The van der Waals surface area contributed by atoms with Crippen LogP contribution in [-0.2, 0) is 9.47 Å². The number of ether oxygens (including phenoxy) is 2. The zero-order valence-corrected chi connectivity index (χ0v) is 24.0. The molecule has 4 N–H and O–H groups in total. The fourth-order valence-electron chi connectivity index (χ4n) is 3.73. The van der Waals surface area contributed by atoms with Crippen molar-refractivity contribution < 1.29 is 29.0 Å². The molecule has 11 nitrogen and oxygen atoms in total. The van der Waals surface area contributed by atoms with Gasteiger partial charge in [-0.15, -0.1) is 0 Å². The number of esters is 1. The lowest BCUT2D eigenvalue weighted by Crippen LogP contribution is -2.55. The third kappa shape index (κ3) is 6.30. The van der Waals surface area contributed by atoms with E-state index in [1.54, 1.807) is 21.0 Å². The first-order chi connectivity index (χ1) is 17.1. The van der Waals surface area contributed by atoms with Crippen LogP contribution in [-0.4, -0.2) is 84.5 Å². The Balaban J connectivity index is 1.78. The maximum absolute atomic E-state index is 12.9. The number of aromatic nitrogens is 2. The van der Waals surface area contributed by atoms with Gasteiger partial charge in [0, 0.05) is 31.9 Å². The molecule has 0 aliphatic carbocycles. The summed E-state index contributed by atoms with van der Waals surface area (Å²) in [6.07, 6.45) is 0.161. The predicted molar refractivity (Wildman–Crippen MR) is 144 cm³/mol. The molecule has 14 heteroatoms. The molecule has 3 heterocycles. The Morgan fingerprint density at radius 1 is 1.39 bits per heavy atom. The minimum atomic E-state index is -0.638. The van der Waals surface area contributed by atoms with Gasteiger partial charge < -0.3 is 35.1 Å². The van der Waals surface area contributed by atoms with Gasteiger partial charge in [0.1, 0.15) is 10.6 Å². The van der Waals surface area contributed by atoms with Gasteiger partial charge in [-0.25, -0.2) is 9.78 Å². The highest BCUT2D eigenvalue weighted by molar-refractivity contribution is 14.1. The highest BCUT2D eigenvalue weighted by Gasteiger charge is 2.35. The lowest BCUT2D eigenvalue weighted by Gasteiger charge is -2.37. The average Bonchev–Trinajstić information content (AvgIpc) is 3.42. The second-order valence-electron chi connectivity index (χ2n) is 8.29. The van der Waals surface area contributed by atoms with Crippen LogP contribution in [0.2, 0.25) is 5.02 Å². The van der Waals surface area contributed by atoms with Gasteiger partial charge in [0.25, 0.3) is 11.8 Å². The SMILES string of the molecule is CCOC(=O)c1sc(N2CC[C@@H](NC(=O)c3[nH]c(C)c(I)c3Cl)[C@@H](OC)C2)nc1C(=O)N[C@@H](C)CO. The van der Waals surface area contributed by atoms with E-state index in [0.29, 0.717) is 35.4 Å². The van der Waals surface area contributed by atoms with E-state index >= 15 is 0 Å². The monoisotopic (exact) mass is 653 g/mol. The van der Waals surface area contributed by atoms with Crippen LogP contribution in [0.4, 0.5) is 5.13 Å². The number of methoxy groups -OCH3 is 1. The van der Waals surface area contributed by atoms with Crippen LogP contribution in [0.25, 0.3) is 0 Å². The number of piperidine rings is 1. The van der Waals surface area contributed by atoms with Crippen LogP contribution in [0.1, 0.15) is 56.6 Å². The van der Waals surface area contributed by atoms with Gasteiger partial charge in [-0.3, -0.25) is 9.59 Å². The lowest BCUT2D eigenvalue weighted by molar-refractivity contribution is 0.0527. The molecule has 2 aromatic heterocycles. The molecular formula is C22H29ClIN5O6S. The summed E-state index contributed by atoms with van der Waals surface area (Å²) >= 11 is 9.45. The van der Waals surface area contributed by atoms with E-state index in [-0.39, 0.29) is 41.8 Å². The van der Waals surface area contributed by atoms with Crippen LogP contribution < -0.4 is 15.5 Å². The number of rotatable bonds is 9. The Bertz CT molecular complexity index is 1120. The molecule has 0 saturated carbocycles. The van der Waals surface area contributed by atoms with Gasteiger partial charge in [-0.1, -0.05) is 22.9 Å². The Labute approximate surface area is 231 Å². The Hall–Kier alpha value is -1.94. The van der Waals surface area contributed by atoms with Crippen LogP contribution in [0.5, 0.6) is 0 Å². The predicted octanol–water partition coefficient (Wildman–Crippen LogP) is 2.35. The third-order valence-electron chi connectivity index (χ3n) is 5.67. The summed E-state index contributed by atoms with van der Waals surface area (Å²) in [4.78, 5) is 47.6. The summed E-state index contributed by atoms with van der Waals surface area (Å²) in [5, 5.41) is 15.7. The highest BCUT2D eigenvalue weighted by Crippen LogP contribution is 2.31. The van der Waals surface area contributed by atoms with Gasteiger partial charge >= 0.3 is 5.97 Å². The molecule has 0 bridgehead atoms. The van der Waals surface area contributed by atoms with Crippen molar-refractivity contribution >= 4 is 68.4 Å². The number of aromatic amines is 1. The number of anilines is 1. The molecule has 2 amide bonds. The Morgan fingerprint density at radius 2 is 2.11 bits per heavy atom. The minimum Gasteiger partial charge on any atom is -0.462 e. The molecule has 2 aromatic rings. The maximum atomic E-state index is 12.9. The van der Waals surface area contributed by atoms with E-state index in [0.717, 1.165) is 20.6 Å². The van der Waals surface area contributed by atoms with Crippen LogP contribution >= 0.6 is 45.5 Å². The molecule has 0 unspecified atom stereocenters. The number of aliphatic hydroxyl groups excluding tert-OH is 1. The lowest BCUT2D eigenvalue weighted by atomic mass is 10.0. The number of carbonyl (C=O) groups excluding carboxylic acids is 3. The van der Waals surface area contributed by atoms with Crippen molar-refractivity contribution in [2.24, 2.45) is 0 Å². The molecule has 3 atom stereocenters. The van der Waals surface area contributed by atoms with E-state index in [4.69, 9.17) is 21.1 Å². The zero-order valence-electron chi connectivity index (χ0n) is 20.3. The number of aryl methyl sites for hydroxylation is 1. The summed E-state index contributed by atoms with van der Waals surface area (Å²) in [7, 11) is 1.56. The molecule has 3 rings (SSSR count). The maximum Gasteiger partial charge on any atom is 0.350 e. The standard InChI is InChI=1S/C22H29ClIN5O6S/c1-5-35-21(33)18-17(20(32)25-10(2)9-30)28-22(36-18)29-7-6-12(13(8-29)34-4)27-19(31)16-14(23)15(24)11(3)26-16/h10,12-13,26,30H,5-9H2,1-4H3,(H,25,32)(H,27,31)/t10-,12+,13-/m0/s1. The molecule has 1 aliphatic heterocycles. The molecule has 0 spiro atoms. The molecule has 0 radical (unpaired) electrons. The number of halogens is 2. The quantitative estimate of drug-likeness (QED) is 0.239. The highest BCUT2D eigenvalue weighted by atomic mass is 127. The van der Waals surface area contributed by atoms with Crippen molar-refractivity contribution in [1.29, 1.82) is 0 Å². The van der Waals surface area contributed by atoms with Gasteiger partial charge in [0.05, 0.1) is 34.0 Å². The van der Waals surface area contributed by atoms with Gasteiger partial charge in [0.15, 0.2) is 10.8 Å². The number of nitrogens with one attached hydrogen (secondary N) is 3. The normalized spacial score (nSPS) is 18.6. The molecule has 1 aliphatic rings. The summed E-state index contributed by atoms with van der Waals surface area (Å²) in [6, 6.07) is -0.788. The van der Waals surface area contributed by atoms with Gasteiger partial charge in [-0.2, -0.15) is 0 Å². The van der Waals surface area contributed by atoms with Crippen molar-refractivity contribution in [3.8, 4) is 0 Å². The van der Waals surface area contributed by atoms with Crippen LogP contribution in [0, 0.1) is 10.5 Å². The number of thiazole rings is 1. The number of H-pyrrole nitrogens is 1. The molecular weight excluding hydrogens is 625 g/mol. The number of aliphatic hydroxyl groups is 1. The van der Waals surface area contributed by atoms with Gasteiger partial charge in [-0.05, 0) is 49.8 Å². The minimum absolute atomic E-state index is 0.0514. The van der Waals surface area contributed by atoms with Crippen LogP contribution in [0.3, 0.4) is 0 Å². The van der Waals surface area contributed by atoms with Crippen molar-refractivity contribution in [2.75, 3.05) is 38.3 Å². The van der Waals surface area contributed by atoms with E-state index in [2.05, 4.69) is 43.2 Å². The molecule has 1 fully saturated rings. The Kier molecular flexibility index (Phi) is 9.97. The van der Waals surface area contributed by atoms with Crippen molar-refractivity contribution in [3.05, 3.63) is 30.6 Å². The fourth-order valence-corrected chi connectivity index (χ4v) is 5.40. The first-order valence-electron chi connectivity index (χ1n) is 11.3. The summed E-state index contributed by atoms with van der Waals surface area (Å²) < 4.78 is 11.6. The second kappa shape index (κ2) is 12.5. The van der Waals surface area contributed by atoms with Crippen molar-refractivity contribution in [2.45, 2.75) is 45.4 Å². The smallest absolute Gasteiger partial charge is 0.350 e. The van der Waals surface area contributed by atoms with Crippen molar-refractivity contribution in [1.82, 2.24) is 20.6 Å². The van der Waals surface area contributed by atoms with Crippen molar-refractivity contribution in [3.63, 3.8) is 0 Å². The number of hydrogen-bond acceptors (Lipinski definition) is 9. The van der Waals surface area contributed by atoms with E-state index in [9.17, 15) is 19.5 Å². The second-order valence-corrected chi connectivity index (χ2v) is 10.7. The molecule has 198 valence electrons. The summed E-state index contributed by atoms with van der Waals surface area (Å²) in [5.41, 5.74) is 1.07. The molecule has 36 heavy (non-hydrogen) atoms. The average molecular weight is 654 g/mol. The van der Waals surface area contributed by atoms with E-state index < -0.39 is 17.9 Å². The third-order valence-corrected chi connectivity index (χ3v) is 8.81. The molecule has 1 saturated heterocycles. The summed E-state index contributed by atoms with van der Waals surface area (Å²) in [5.74, 6) is -1.52. The Morgan fingerprint density at radius 3 is 2.69 bits per heavy atom. The van der Waals surface area contributed by atoms with Gasteiger partial charge in [0.2, 0.25) is 0 Å². The fraction of sp³-hybridized carbons (Fsp3) is 0.545. The number of amides is 2. The largest absolute Gasteiger partial charge is 0.462 e. The number of carbonyl (C=O) groups is 3. The number of nitrogens with zero attached hydrogens (tertiary/aromatic N) is 2. The van der Waals surface area contributed by atoms with Crippen LogP contribution in [0.15, 0.2) is 0 Å². The topological polar surface area (TPSA) is 146 Å². The first kappa shape index (κ1) is 28.6. The number of hydrogen-bond donors (Lipinski definition) is 4.